The molecule has 158 valence electrons. The van der Waals surface area contributed by atoms with Gasteiger partial charge >= 0.3 is 0 Å². The van der Waals surface area contributed by atoms with Crippen LogP contribution in [0.25, 0.3) is 22.6 Å². The largest absolute Gasteiger partial charge is 0.507 e. The number of benzene rings is 1. The van der Waals surface area contributed by atoms with Crippen molar-refractivity contribution in [1.82, 2.24) is 0 Å². The number of carbonyl (C=O) groups is 2. The lowest BCUT2D eigenvalue weighted by Gasteiger charge is -2.30. The van der Waals surface area contributed by atoms with Crippen LogP contribution in [0.3, 0.4) is 0 Å². The molecule has 0 saturated carbocycles. The number of fused-ring (bicyclic) bond motifs is 3. The Kier molecular flexibility index (Phi) is 4.81. The number of ketones is 2. The predicted octanol–water partition coefficient (Wildman–Crippen LogP) is 4.28. The molecule has 1 aromatic carbocycles. The predicted molar refractivity (Wildman–Crippen MR) is 118 cm³/mol. The summed E-state index contributed by atoms with van der Waals surface area (Å²) in [6.45, 7) is 7.69. The van der Waals surface area contributed by atoms with E-state index in [1.807, 2.05) is 45.9 Å². The SMILES string of the molecule is CC(C)=CCc1c2c(c3occ(C4=CC(=O)C(=O)C=C4)c(=O)c3c1O)C=CC(C)(C)O2. The minimum atomic E-state index is -0.713. The normalized spacial score (nSPS) is 16.7. The van der Waals surface area contributed by atoms with Gasteiger partial charge in [0.25, 0.3) is 0 Å². The van der Waals surface area contributed by atoms with Crippen molar-refractivity contribution < 1.29 is 23.8 Å². The number of ether oxygens (including phenoxy) is 1. The highest BCUT2D eigenvalue weighted by Crippen LogP contribution is 2.44. The maximum Gasteiger partial charge on any atom is 0.226 e. The Bertz CT molecular complexity index is 1320. The summed E-state index contributed by atoms with van der Waals surface area (Å²) in [4.78, 5) is 36.6. The molecule has 0 atom stereocenters. The molecule has 0 spiro atoms. The molecule has 6 nitrogen and oxygen atoms in total. The molecular formula is C25H22O6. The summed E-state index contributed by atoms with van der Waals surface area (Å²) in [5.41, 5.74) is 1.61. The lowest BCUT2D eigenvalue weighted by atomic mass is 9.93. The lowest BCUT2D eigenvalue weighted by molar-refractivity contribution is -0.131. The molecule has 0 radical (unpaired) electrons. The first-order valence-electron chi connectivity index (χ1n) is 9.92. The second kappa shape index (κ2) is 7.23. The number of carbonyl (C=O) groups excluding carboxylic acids is 2. The number of phenols is 1. The third-order valence-corrected chi connectivity index (χ3v) is 5.27. The van der Waals surface area contributed by atoms with Gasteiger partial charge in [-0.15, -0.1) is 0 Å². The van der Waals surface area contributed by atoms with Crippen molar-refractivity contribution in [1.29, 1.82) is 0 Å². The molecule has 2 aromatic rings. The Morgan fingerprint density at radius 3 is 2.52 bits per heavy atom. The molecular weight excluding hydrogens is 396 g/mol. The fourth-order valence-corrected chi connectivity index (χ4v) is 3.62. The zero-order chi connectivity index (χ0) is 22.5. The first-order valence-corrected chi connectivity index (χ1v) is 9.92. The van der Waals surface area contributed by atoms with Crippen molar-refractivity contribution in [2.45, 2.75) is 39.7 Å². The Morgan fingerprint density at radius 1 is 1.10 bits per heavy atom. The molecule has 31 heavy (non-hydrogen) atoms. The zero-order valence-electron chi connectivity index (χ0n) is 17.7. The van der Waals surface area contributed by atoms with Gasteiger partial charge in [-0.25, -0.2) is 0 Å². The Balaban J connectivity index is 2.03. The maximum atomic E-state index is 13.4. The van der Waals surface area contributed by atoms with Crippen molar-refractivity contribution in [3.8, 4) is 11.5 Å². The average Bonchev–Trinajstić information content (AvgIpc) is 2.69. The minimum absolute atomic E-state index is 0.0139. The van der Waals surface area contributed by atoms with Crippen molar-refractivity contribution in [3.63, 3.8) is 0 Å². The van der Waals surface area contributed by atoms with Crippen LogP contribution in [-0.2, 0) is 16.0 Å². The highest BCUT2D eigenvalue weighted by molar-refractivity contribution is 6.48. The van der Waals surface area contributed by atoms with Crippen LogP contribution in [0.1, 0.15) is 44.4 Å². The van der Waals surface area contributed by atoms with E-state index in [2.05, 4.69) is 0 Å². The lowest BCUT2D eigenvalue weighted by Crippen LogP contribution is -2.28. The fraction of sp³-hybridized carbons (Fsp3) is 0.240. The quantitative estimate of drug-likeness (QED) is 0.454. The molecule has 0 saturated heterocycles. The molecule has 6 heteroatoms. The smallest absolute Gasteiger partial charge is 0.226 e. The van der Waals surface area contributed by atoms with E-state index in [9.17, 15) is 19.5 Å². The van der Waals surface area contributed by atoms with Crippen molar-refractivity contribution in [2.24, 2.45) is 0 Å². The number of hydrogen-bond donors (Lipinski definition) is 1. The molecule has 0 unspecified atom stereocenters. The summed E-state index contributed by atoms with van der Waals surface area (Å²) >= 11 is 0. The molecule has 2 aliphatic rings. The third-order valence-electron chi connectivity index (χ3n) is 5.27. The van der Waals surface area contributed by atoms with Gasteiger partial charge in [0.15, 0.2) is 5.58 Å². The summed E-state index contributed by atoms with van der Waals surface area (Å²) in [5, 5.41) is 11.1. The number of phenolic OH excluding ortho intramolecular Hbond substituents is 1. The van der Waals surface area contributed by atoms with Gasteiger partial charge in [-0.05, 0) is 70.1 Å². The molecule has 1 N–H and O–H groups in total. The van der Waals surface area contributed by atoms with Crippen LogP contribution in [0, 0.1) is 0 Å². The number of hydrogen-bond acceptors (Lipinski definition) is 6. The first kappa shape index (κ1) is 20.6. The van der Waals surface area contributed by atoms with Gasteiger partial charge in [-0.2, -0.15) is 0 Å². The van der Waals surface area contributed by atoms with Gasteiger partial charge in [-0.1, -0.05) is 11.6 Å². The summed E-state index contributed by atoms with van der Waals surface area (Å²) < 4.78 is 11.9. The van der Waals surface area contributed by atoms with E-state index in [1.165, 1.54) is 12.3 Å². The number of allylic oxidation sites excluding steroid dienone is 6. The molecule has 0 fully saturated rings. The van der Waals surface area contributed by atoms with Crippen LogP contribution in [0.4, 0.5) is 0 Å². The zero-order valence-corrected chi connectivity index (χ0v) is 17.7. The summed E-state index contributed by atoms with van der Waals surface area (Å²) in [5.74, 6) is -1.10. The Hall–Kier alpha value is -3.67. The summed E-state index contributed by atoms with van der Waals surface area (Å²) in [6.07, 6.45) is 10.9. The van der Waals surface area contributed by atoms with Crippen molar-refractivity contribution in [2.75, 3.05) is 0 Å². The van der Waals surface area contributed by atoms with E-state index in [0.29, 0.717) is 23.3 Å². The van der Waals surface area contributed by atoms with E-state index in [1.54, 1.807) is 0 Å². The second-order valence-corrected chi connectivity index (χ2v) is 8.44. The molecule has 4 rings (SSSR count). The van der Waals surface area contributed by atoms with Crippen LogP contribution in [0.2, 0.25) is 0 Å². The monoisotopic (exact) mass is 418 g/mol. The topological polar surface area (TPSA) is 93.8 Å². The standard InChI is InChI=1S/C25H22O6/c1-13(2)5-7-15-21(28)20-22(29)17(14-6-8-18(26)19(27)11-14)12-30-24(20)16-9-10-25(3,4)31-23(15)16/h5-6,8-12,28H,7H2,1-4H3. The fourth-order valence-electron chi connectivity index (χ4n) is 3.62. The molecule has 0 bridgehead atoms. The molecule has 0 amide bonds. The summed E-state index contributed by atoms with van der Waals surface area (Å²) in [6, 6.07) is 0. The van der Waals surface area contributed by atoms with Gasteiger partial charge < -0.3 is 14.3 Å². The van der Waals surface area contributed by atoms with E-state index >= 15 is 0 Å². The van der Waals surface area contributed by atoms with Crippen molar-refractivity contribution >= 4 is 34.2 Å². The van der Waals surface area contributed by atoms with Crippen molar-refractivity contribution in [3.05, 3.63) is 69.1 Å². The van der Waals surface area contributed by atoms with Gasteiger partial charge in [-0.3, -0.25) is 14.4 Å². The van der Waals surface area contributed by atoms with Gasteiger partial charge in [0.2, 0.25) is 17.0 Å². The molecule has 1 aliphatic carbocycles. The number of aromatic hydroxyl groups is 1. The molecule has 1 aliphatic heterocycles. The van der Waals surface area contributed by atoms with Crippen LogP contribution >= 0.6 is 0 Å². The minimum Gasteiger partial charge on any atom is -0.507 e. The van der Waals surface area contributed by atoms with Crippen LogP contribution in [0.15, 0.2) is 51.4 Å². The molecule has 2 heterocycles. The van der Waals surface area contributed by atoms with Crippen LogP contribution < -0.4 is 10.2 Å². The van der Waals surface area contributed by atoms with Crippen LogP contribution in [0.5, 0.6) is 11.5 Å². The average molecular weight is 418 g/mol. The van der Waals surface area contributed by atoms with Crippen LogP contribution in [-0.4, -0.2) is 22.3 Å². The van der Waals surface area contributed by atoms with Gasteiger partial charge in [0.05, 0.1) is 11.1 Å². The second-order valence-electron chi connectivity index (χ2n) is 8.44. The van der Waals surface area contributed by atoms with E-state index in [4.69, 9.17) is 9.15 Å². The highest BCUT2D eigenvalue weighted by atomic mass is 16.5. The van der Waals surface area contributed by atoms with E-state index in [-0.39, 0.29) is 27.9 Å². The van der Waals surface area contributed by atoms with E-state index < -0.39 is 22.6 Å². The Morgan fingerprint density at radius 2 is 1.84 bits per heavy atom. The molecule has 1 aromatic heterocycles. The third kappa shape index (κ3) is 3.54. The number of rotatable bonds is 3. The van der Waals surface area contributed by atoms with Gasteiger partial charge in [0, 0.05) is 5.56 Å². The summed E-state index contributed by atoms with van der Waals surface area (Å²) in [7, 11) is 0. The highest BCUT2D eigenvalue weighted by Gasteiger charge is 2.30. The van der Waals surface area contributed by atoms with E-state index in [0.717, 1.165) is 17.7 Å². The first-order chi connectivity index (χ1) is 14.6. The Labute approximate surface area is 178 Å². The maximum absolute atomic E-state index is 13.4. The van der Waals surface area contributed by atoms with Gasteiger partial charge in [0.1, 0.15) is 28.7 Å².